The number of nitrogens with two attached hydrogens (primary N) is 1. The van der Waals surface area contributed by atoms with Gasteiger partial charge in [0, 0.05) is 18.7 Å². The van der Waals surface area contributed by atoms with E-state index in [0.29, 0.717) is 12.3 Å². The van der Waals surface area contributed by atoms with Crippen molar-refractivity contribution < 1.29 is 4.74 Å². The molecule has 0 aliphatic rings. The van der Waals surface area contributed by atoms with Crippen molar-refractivity contribution in [3.63, 3.8) is 0 Å². The predicted molar refractivity (Wildman–Crippen MR) is 65.7 cm³/mol. The van der Waals surface area contributed by atoms with Crippen molar-refractivity contribution in [1.82, 2.24) is 9.97 Å². The lowest BCUT2D eigenvalue weighted by atomic mass is 10.0. The minimum absolute atomic E-state index is 0.0717. The molecule has 0 amide bonds. The van der Waals surface area contributed by atoms with Gasteiger partial charge in [0.2, 0.25) is 5.88 Å². The Morgan fingerprint density at radius 1 is 1.24 bits per heavy atom. The minimum atomic E-state index is -0.0717. The number of hydrogen-bond acceptors (Lipinski definition) is 4. The molecule has 17 heavy (non-hydrogen) atoms. The topological polar surface area (TPSA) is 61.0 Å². The van der Waals surface area contributed by atoms with Crippen LogP contribution in [0.5, 0.6) is 5.88 Å². The first-order chi connectivity index (χ1) is 8.29. The van der Waals surface area contributed by atoms with Crippen LogP contribution >= 0.6 is 0 Å². The highest BCUT2D eigenvalue weighted by Crippen LogP contribution is 2.15. The fourth-order valence-electron chi connectivity index (χ4n) is 1.63. The number of aromatic nitrogens is 2. The molecule has 0 fully saturated rings. The van der Waals surface area contributed by atoms with Crippen LogP contribution in [0, 0.1) is 0 Å². The molecule has 0 radical (unpaired) electrons. The number of hydrogen-bond donors (Lipinski definition) is 1. The van der Waals surface area contributed by atoms with Gasteiger partial charge in [0.25, 0.3) is 0 Å². The summed E-state index contributed by atoms with van der Waals surface area (Å²) in [5.74, 6) is 0.516. The summed E-state index contributed by atoms with van der Waals surface area (Å²) in [6.07, 6.45) is 3.94. The lowest BCUT2D eigenvalue weighted by Crippen LogP contribution is -2.14. The molecule has 0 bridgehead atoms. The van der Waals surface area contributed by atoms with Crippen LogP contribution in [0.3, 0.4) is 0 Å². The van der Waals surface area contributed by atoms with Gasteiger partial charge in [-0.1, -0.05) is 30.3 Å². The zero-order valence-electron chi connectivity index (χ0n) is 9.71. The van der Waals surface area contributed by atoms with Gasteiger partial charge >= 0.3 is 0 Å². The van der Waals surface area contributed by atoms with Crippen LogP contribution in [0.4, 0.5) is 0 Å². The first kappa shape index (κ1) is 11.5. The predicted octanol–water partition coefficient (Wildman–Crippen LogP) is 1.73. The van der Waals surface area contributed by atoms with Crippen LogP contribution in [-0.2, 0) is 6.42 Å². The van der Waals surface area contributed by atoms with Crippen LogP contribution < -0.4 is 10.5 Å². The highest BCUT2D eigenvalue weighted by atomic mass is 16.5. The molecule has 4 heteroatoms. The summed E-state index contributed by atoms with van der Waals surface area (Å²) in [6, 6.07) is 9.88. The quantitative estimate of drug-likeness (QED) is 0.867. The second-order valence-corrected chi connectivity index (χ2v) is 3.77. The summed E-state index contributed by atoms with van der Waals surface area (Å²) in [7, 11) is 1.57. The fourth-order valence-corrected chi connectivity index (χ4v) is 1.63. The summed E-state index contributed by atoms with van der Waals surface area (Å²) < 4.78 is 5.03. The van der Waals surface area contributed by atoms with Crippen molar-refractivity contribution in [2.45, 2.75) is 12.5 Å². The van der Waals surface area contributed by atoms with Crippen LogP contribution in [0.15, 0.2) is 42.7 Å². The van der Waals surface area contributed by atoms with E-state index >= 15 is 0 Å². The molecule has 88 valence electrons. The Morgan fingerprint density at radius 3 is 2.71 bits per heavy atom. The molecule has 1 atom stereocenters. The third-order valence-corrected chi connectivity index (χ3v) is 2.53. The number of rotatable bonds is 4. The third-order valence-electron chi connectivity index (χ3n) is 2.53. The molecule has 1 heterocycles. The van der Waals surface area contributed by atoms with E-state index in [1.807, 2.05) is 30.3 Å². The summed E-state index contributed by atoms with van der Waals surface area (Å²) in [5.41, 5.74) is 8.04. The van der Waals surface area contributed by atoms with E-state index < -0.39 is 0 Å². The lowest BCUT2D eigenvalue weighted by Gasteiger charge is -2.11. The van der Waals surface area contributed by atoms with E-state index in [9.17, 15) is 0 Å². The van der Waals surface area contributed by atoms with Gasteiger partial charge in [-0.15, -0.1) is 0 Å². The molecule has 1 aromatic carbocycles. The molecule has 2 aromatic rings. The van der Waals surface area contributed by atoms with E-state index in [1.165, 1.54) is 0 Å². The highest BCUT2D eigenvalue weighted by Gasteiger charge is 2.08. The van der Waals surface area contributed by atoms with Crippen molar-refractivity contribution in [2.24, 2.45) is 5.73 Å². The maximum absolute atomic E-state index is 6.11. The molecule has 1 unspecified atom stereocenters. The Labute approximate surface area is 100 Å². The van der Waals surface area contributed by atoms with Gasteiger partial charge in [0.05, 0.1) is 19.0 Å². The average molecular weight is 229 g/mol. The van der Waals surface area contributed by atoms with Crippen LogP contribution in [0.1, 0.15) is 17.3 Å². The van der Waals surface area contributed by atoms with Crippen LogP contribution in [0.2, 0.25) is 0 Å². The summed E-state index contributed by atoms with van der Waals surface area (Å²) in [4.78, 5) is 8.35. The lowest BCUT2D eigenvalue weighted by molar-refractivity contribution is 0.393. The molecule has 1 aromatic heterocycles. The summed E-state index contributed by atoms with van der Waals surface area (Å²) in [5, 5.41) is 0. The van der Waals surface area contributed by atoms with E-state index in [0.717, 1.165) is 11.3 Å². The van der Waals surface area contributed by atoms with Gasteiger partial charge in [-0.05, 0) is 5.56 Å². The van der Waals surface area contributed by atoms with Gasteiger partial charge in [-0.25, -0.2) is 4.98 Å². The molecule has 0 aliphatic heterocycles. The summed E-state index contributed by atoms with van der Waals surface area (Å²) in [6.45, 7) is 0. The Bertz CT molecular complexity index is 473. The van der Waals surface area contributed by atoms with Crippen molar-refractivity contribution >= 4 is 0 Å². The number of nitrogens with zero attached hydrogens (tertiary/aromatic N) is 2. The maximum Gasteiger partial charge on any atom is 0.232 e. The van der Waals surface area contributed by atoms with Crippen molar-refractivity contribution in [2.75, 3.05) is 7.11 Å². The molecular formula is C13H15N3O. The van der Waals surface area contributed by atoms with E-state index in [4.69, 9.17) is 10.5 Å². The Hall–Kier alpha value is -1.94. The number of ether oxygens (including phenoxy) is 1. The molecule has 4 nitrogen and oxygen atoms in total. The van der Waals surface area contributed by atoms with E-state index in [2.05, 4.69) is 9.97 Å². The fraction of sp³-hybridized carbons (Fsp3) is 0.231. The SMILES string of the molecule is COc1cncc(CC(N)c2ccccc2)n1. The van der Waals surface area contributed by atoms with Gasteiger partial charge < -0.3 is 10.5 Å². The van der Waals surface area contributed by atoms with Gasteiger partial charge in [-0.3, -0.25) is 4.98 Å². The Morgan fingerprint density at radius 2 is 2.00 bits per heavy atom. The maximum atomic E-state index is 6.11. The molecule has 0 saturated carbocycles. The van der Waals surface area contributed by atoms with Gasteiger partial charge in [-0.2, -0.15) is 0 Å². The second kappa shape index (κ2) is 5.41. The zero-order valence-corrected chi connectivity index (χ0v) is 9.71. The molecule has 2 N–H and O–H groups in total. The molecule has 0 saturated heterocycles. The zero-order chi connectivity index (χ0) is 12.1. The third kappa shape index (κ3) is 3.01. The highest BCUT2D eigenvalue weighted by molar-refractivity contribution is 5.20. The van der Waals surface area contributed by atoms with Crippen molar-refractivity contribution in [3.8, 4) is 5.88 Å². The first-order valence-corrected chi connectivity index (χ1v) is 5.45. The second-order valence-electron chi connectivity index (χ2n) is 3.77. The molecular weight excluding hydrogens is 214 g/mol. The monoisotopic (exact) mass is 229 g/mol. The summed E-state index contributed by atoms with van der Waals surface area (Å²) >= 11 is 0. The van der Waals surface area contributed by atoms with E-state index in [1.54, 1.807) is 19.5 Å². The van der Waals surface area contributed by atoms with Crippen molar-refractivity contribution in [1.29, 1.82) is 0 Å². The average Bonchev–Trinajstić information content (AvgIpc) is 2.40. The number of benzene rings is 1. The van der Waals surface area contributed by atoms with Gasteiger partial charge in [0.1, 0.15) is 0 Å². The minimum Gasteiger partial charge on any atom is -0.480 e. The first-order valence-electron chi connectivity index (χ1n) is 5.45. The Balaban J connectivity index is 2.10. The smallest absolute Gasteiger partial charge is 0.232 e. The van der Waals surface area contributed by atoms with Crippen molar-refractivity contribution in [3.05, 3.63) is 54.0 Å². The largest absolute Gasteiger partial charge is 0.480 e. The molecule has 2 rings (SSSR count). The normalized spacial score (nSPS) is 12.1. The van der Waals surface area contributed by atoms with Crippen LogP contribution in [-0.4, -0.2) is 17.1 Å². The van der Waals surface area contributed by atoms with Gasteiger partial charge in [0.15, 0.2) is 0 Å². The number of methoxy groups -OCH3 is 1. The van der Waals surface area contributed by atoms with Crippen LogP contribution in [0.25, 0.3) is 0 Å². The molecule has 0 spiro atoms. The van der Waals surface area contributed by atoms with E-state index in [-0.39, 0.29) is 6.04 Å². The molecule has 0 aliphatic carbocycles. The standard InChI is InChI=1S/C13H15N3O/c1-17-13-9-15-8-11(16-13)7-12(14)10-5-3-2-4-6-10/h2-6,8-9,12H,7,14H2,1H3. The Kier molecular flexibility index (Phi) is 3.67.